The van der Waals surface area contributed by atoms with E-state index in [4.69, 9.17) is 4.42 Å². The SMILES string of the molecule is CCc1nc(CN(C)C(=O)/C=C/c2ccc(Br)o2)cs1. The molecule has 0 saturated heterocycles. The van der Waals surface area contributed by atoms with E-state index < -0.39 is 0 Å². The minimum atomic E-state index is -0.0800. The lowest BCUT2D eigenvalue weighted by molar-refractivity contribution is -0.125. The summed E-state index contributed by atoms with van der Waals surface area (Å²) in [6.07, 6.45) is 4.08. The Morgan fingerprint density at radius 3 is 2.95 bits per heavy atom. The van der Waals surface area contributed by atoms with Crippen LogP contribution in [0.15, 0.2) is 32.7 Å². The first-order valence-corrected chi connectivity index (χ1v) is 7.87. The van der Waals surface area contributed by atoms with Gasteiger partial charge in [-0.2, -0.15) is 0 Å². The van der Waals surface area contributed by atoms with Gasteiger partial charge in [0.25, 0.3) is 0 Å². The second-order valence-corrected chi connectivity index (χ2v) is 5.98. The zero-order valence-corrected chi connectivity index (χ0v) is 13.7. The minimum absolute atomic E-state index is 0.0800. The van der Waals surface area contributed by atoms with Crippen LogP contribution in [-0.2, 0) is 17.8 Å². The smallest absolute Gasteiger partial charge is 0.246 e. The number of furan rings is 1. The molecular formula is C14H15BrN2O2S. The summed E-state index contributed by atoms with van der Waals surface area (Å²) in [6, 6.07) is 3.58. The molecule has 1 amide bonds. The summed E-state index contributed by atoms with van der Waals surface area (Å²) < 4.78 is 5.94. The average Bonchev–Trinajstić information content (AvgIpc) is 3.04. The van der Waals surface area contributed by atoms with E-state index in [2.05, 4.69) is 27.8 Å². The Hall–Kier alpha value is -1.40. The molecule has 0 aliphatic heterocycles. The largest absolute Gasteiger partial charge is 0.450 e. The fourth-order valence-corrected chi connectivity index (χ4v) is 2.66. The number of aromatic nitrogens is 1. The molecule has 0 N–H and O–H groups in total. The molecule has 2 rings (SSSR count). The van der Waals surface area contributed by atoms with E-state index in [0.29, 0.717) is 17.0 Å². The second-order valence-electron chi connectivity index (χ2n) is 4.26. The predicted molar refractivity (Wildman–Crippen MR) is 83.4 cm³/mol. The van der Waals surface area contributed by atoms with Crippen LogP contribution < -0.4 is 0 Å². The van der Waals surface area contributed by atoms with Crippen molar-refractivity contribution in [2.75, 3.05) is 7.05 Å². The summed E-state index contributed by atoms with van der Waals surface area (Å²) in [5, 5.41) is 3.09. The molecule has 0 unspecified atom stereocenters. The number of halogens is 1. The molecule has 0 aliphatic carbocycles. The maximum Gasteiger partial charge on any atom is 0.246 e. The second kappa shape index (κ2) is 6.85. The molecule has 2 aromatic heterocycles. The topological polar surface area (TPSA) is 46.3 Å². The molecule has 2 aromatic rings. The van der Waals surface area contributed by atoms with Gasteiger partial charge in [-0.3, -0.25) is 4.79 Å². The van der Waals surface area contributed by atoms with Crippen LogP contribution >= 0.6 is 27.3 Å². The quantitative estimate of drug-likeness (QED) is 0.768. The number of carbonyl (C=O) groups is 1. The van der Waals surface area contributed by atoms with E-state index in [0.717, 1.165) is 17.1 Å². The molecule has 0 aliphatic rings. The summed E-state index contributed by atoms with van der Waals surface area (Å²) in [5.74, 6) is 0.559. The van der Waals surface area contributed by atoms with E-state index >= 15 is 0 Å². The summed E-state index contributed by atoms with van der Waals surface area (Å²) >= 11 is 4.85. The summed E-state index contributed by atoms with van der Waals surface area (Å²) in [6.45, 7) is 2.59. The van der Waals surface area contributed by atoms with E-state index in [-0.39, 0.29) is 5.91 Å². The highest BCUT2D eigenvalue weighted by Crippen LogP contribution is 2.15. The van der Waals surface area contributed by atoms with E-state index in [1.54, 1.807) is 41.5 Å². The Balaban J connectivity index is 1.93. The zero-order chi connectivity index (χ0) is 14.5. The van der Waals surface area contributed by atoms with Crippen LogP contribution in [0.5, 0.6) is 0 Å². The summed E-state index contributed by atoms with van der Waals surface area (Å²) in [4.78, 5) is 18.0. The Morgan fingerprint density at radius 1 is 1.55 bits per heavy atom. The number of amides is 1. The molecule has 0 saturated carbocycles. The lowest BCUT2D eigenvalue weighted by Crippen LogP contribution is -2.24. The molecule has 20 heavy (non-hydrogen) atoms. The Labute approximate surface area is 130 Å². The van der Waals surface area contributed by atoms with Crippen molar-refractivity contribution in [3.05, 3.63) is 44.7 Å². The van der Waals surface area contributed by atoms with E-state index in [1.165, 1.54) is 6.08 Å². The van der Waals surface area contributed by atoms with E-state index in [1.807, 2.05) is 5.38 Å². The van der Waals surface area contributed by atoms with Crippen molar-refractivity contribution in [1.29, 1.82) is 0 Å². The van der Waals surface area contributed by atoms with E-state index in [9.17, 15) is 4.79 Å². The minimum Gasteiger partial charge on any atom is -0.450 e. The van der Waals surface area contributed by atoms with Gasteiger partial charge in [0.15, 0.2) is 4.67 Å². The molecule has 2 heterocycles. The maximum atomic E-state index is 12.0. The van der Waals surface area contributed by atoms with Crippen molar-refractivity contribution in [2.24, 2.45) is 0 Å². The number of aryl methyl sites for hydroxylation is 1. The third-order valence-electron chi connectivity index (χ3n) is 2.66. The third-order valence-corrected chi connectivity index (χ3v) is 4.13. The molecule has 0 aromatic carbocycles. The van der Waals surface area contributed by atoms with Crippen LogP contribution in [0.1, 0.15) is 23.4 Å². The molecule has 0 spiro atoms. The lowest BCUT2D eigenvalue weighted by atomic mass is 10.3. The van der Waals surface area contributed by atoms with Gasteiger partial charge in [-0.1, -0.05) is 6.92 Å². The highest BCUT2D eigenvalue weighted by molar-refractivity contribution is 9.10. The number of likely N-dealkylation sites (N-methyl/N-ethyl adjacent to an activating group) is 1. The standard InChI is InChI=1S/C14H15BrN2O2S/c1-3-13-16-10(9-20-13)8-17(2)14(18)7-5-11-4-6-12(15)19-11/h4-7,9H,3,8H2,1-2H3/b7-5+. The number of rotatable bonds is 5. The normalized spacial score (nSPS) is 11.2. The fourth-order valence-electron chi connectivity index (χ4n) is 1.60. The van der Waals surface area contributed by atoms with Gasteiger partial charge >= 0.3 is 0 Å². The van der Waals surface area contributed by atoms with Crippen LogP contribution in [0, 0.1) is 0 Å². The maximum absolute atomic E-state index is 12.0. The monoisotopic (exact) mass is 354 g/mol. The van der Waals surface area contributed by atoms with Crippen LogP contribution in [0.4, 0.5) is 0 Å². The van der Waals surface area contributed by atoms with Gasteiger partial charge < -0.3 is 9.32 Å². The Kier molecular flexibility index (Phi) is 5.14. The average molecular weight is 355 g/mol. The van der Waals surface area contributed by atoms with Gasteiger partial charge in [0.2, 0.25) is 5.91 Å². The van der Waals surface area contributed by atoms with Gasteiger partial charge in [0.1, 0.15) is 5.76 Å². The molecule has 4 nitrogen and oxygen atoms in total. The number of thiazole rings is 1. The van der Waals surface area contributed by atoms with Crippen molar-refractivity contribution in [3.63, 3.8) is 0 Å². The number of nitrogens with zero attached hydrogens (tertiary/aromatic N) is 2. The van der Waals surface area contributed by atoms with Crippen molar-refractivity contribution in [1.82, 2.24) is 9.88 Å². The van der Waals surface area contributed by atoms with Gasteiger partial charge in [-0.25, -0.2) is 4.98 Å². The first-order valence-electron chi connectivity index (χ1n) is 6.20. The van der Waals surface area contributed by atoms with Crippen LogP contribution in [0.2, 0.25) is 0 Å². The number of hydrogen-bond donors (Lipinski definition) is 0. The Bertz CT molecular complexity index is 618. The van der Waals surface area contributed by atoms with Gasteiger partial charge in [0, 0.05) is 18.5 Å². The fraction of sp³-hybridized carbons (Fsp3) is 0.286. The number of hydrogen-bond acceptors (Lipinski definition) is 4. The third kappa shape index (κ3) is 4.05. The van der Waals surface area contributed by atoms with Crippen molar-refractivity contribution < 1.29 is 9.21 Å². The summed E-state index contributed by atoms with van der Waals surface area (Å²) in [7, 11) is 1.76. The highest BCUT2D eigenvalue weighted by Gasteiger charge is 2.08. The van der Waals surface area contributed by atoms with Gasteiger partial charge in [-0.15, -0.1) is 11.3 Å². The van der Waals surface area contributed by atoms with Crippen molar-refractivity contribution >= 4 is 39.2 Å². The van der Waals surface area contributed by atoms with Gasteiger partial charge in [-0.05, 0) is 40.6 Å². The Morgan fingerprint density at radius 2 is 2.35 bits per heavy atom. The molecule has 6 heteroatoms. The highest BCUT2D eigenvalue weighted by atomic mass is 79.9. The lowest BCUT2D eigenvalue weighted by Gasteiger charge is -2.12. The van der Waals surface area contributed by atoms with Crippen LogP contribution in [-0.4, -0.2) is 22.8 Å². The molecule has 0 bridgehead atoms. The first kappa shape index (κ1) is 15.0. The first-order chi connectivity index (χ1) is 9.58. The molecular weight excluding hydrogens is 340 g/mol. The molecule has 0 atom stereocenters. The predicted octanol–water partition coefficient (Wildman–Crippen LogP) is 3.73. The molecule has 0 fully saturated rings. The van der Waals surface area contributed by atoms with Crippen LogP contribution in [0.25, 0.3) is 6.08 Å². The van der Waals surface area contributed by atoms with Crippen molar-refractivity contribution in [3.8, 4) is 0 Å². The van der Waals surface area contributed by atoms with Crippen LogP contribution in [0.3, 0.4) is 0 Å². The van der Waals surface area contributed by atoms with Crippen molar-refractivity contribution in [2.45, 2.75) is 19.9 Å². The van der Waals surface area contributed by atoms with Gasteiger partial charge in [0.05, 0.1) is 17.2 Å². The summed E-state index contributed by atoms with van der Waals surface area (Å²) in [5.41, 5.74) is 0.928. The molecule has 0 radical (unpaired) electrons. The number of carbonyl (C=O) groups excluding carboxylic acids is 1. The molecule has 106 valence electrons. The zero-order valence-electron chi connectivity index (χ0n) is 11.3.